The number of nitrogens with zero attached hydrogens (tertiary/aromatic N) is 1. The van der Waals surface area contributed by atoms with Crippen LogP contribution in [0.4, 0.5) is 0 Å². The molecule has 31 heavy (non-hydrogen) atoms. The predicted molar refractivity (Wildman–Crippen MR) is 131 cm³/mol. The van der Waals surface area contributed by atoms with Crippen LogP contribution in [-0.4, -0.2) is 11.5 Å². The molecule has 0 spiro atoms. The van der Waals surface area contributed by atoms with Gasteiger partial charge >= 0.3 is 0 Å². The highest BCUT2D eigenvalue weighted by Gasteiger charge is 2.44. The number of halogens is 1. The lowest BCUT2D eigenvalue weighted by molar-refractivity contribution is 0.408. The molecule has 2 nitrogen and oxygen atoms in total. The number of hydrogen-bond donors (Lipinski definition) is 1. The number of hydrogen-bond acceptors (Lipinski definition) is 2. The van der Waals surface area contributed by atoms with E-state index in [1.807, 2.05) is 42.6 Å². The molecule has 0 bridgehead atoms. The van der Waals surface area contributed by atoms with Crippen LogP contribution in [0.3, 0.4) is 0 Å². The molecule has 0 saturated heterocycles. The Morgan fingerprint density at radius 3 is 2.29 bits per heavy atom. The van der Waals surface area contributed by atoms with Crippen LogP contribution in [0.5, 0.6) is 0 Å². The van der Waals surface area contributed by atoms with Crippen molar-refractivity contribution in [3.63, 3.8) is 0 Å². The van der Waals surface area contributed by atoms with Crippen LogP contribution in [0.25, 0.3) is 16.7 Å². The molecule has 3 aromatic rings. The first kappa shape index (κ1) is 21.4. The van der Waals surface area contributed by atoms with Crippen LogP contribution in [0, 0.1) is 23.2 Å². The summed E-state index contributed by atoms with van der Waals surface area (Å²) < 4.78 is 0. The van der Waals surface area contributed by atoms with Crippen molar-refractivity contribution in [1.82, 2.24) is 4.98 Å². The van der Waals surface area contributed by atoms with Gasteiger partial charge in [0.25, 0.3) is 0 Å². The van der Waals surface area contributed by atoms with Gasteiger partial charge in [0.1, 0.15) is 5.69 Å². The van der Waals surface area contributed by atoms with Crippen molar-refractivity contribution in [1.29, 1.82) is 0 Å². The zero-order chi connectivity index (χ0) is 21.8. The molecule has 1 heterocycles. The van der Waals surface area contributed by atoms with Gasteiger partial charge in [-0.1, -0.05) is 60.9 Å². The summed E-state index contributed by atoms with van der Waals surface area (Å²) in [6.07, 6.45) is 6.71. The van der Waals surface area contributed by atoms with Gasteiger partial charge in [-0.25, -0.2) is 4.98 Å². The molecule has 1 fully saturated rings. The minimum absolute atomic E-state index is 0.336. The van der Waals surface area contributed by atoms with E-state index in [9.17, 15) is 0 Å². The Morgan fingerprint density at radius 1 is 1.03 bits per heavy atom. The van der Waals surface area contributed by atoms with Crippen LogP contribution >= 0.6 is 11.6 Å². The normalized spacial score (nSPS) is 15.7. The lowest BCUT2D eigenvalue weighted by atomic mass is 9.88. The molecule has 1 saturated carbocycles. The Bertz CT molecular complexity index is 1130. The zero-order valence-corrected chi connectivity index (χ0v) is 18.8. The van der Waals surface area contributed by atoms with Crippen molar-refractivity contribution in [2.75, 3.05) is 6.54 Å². The molecule has 0 unspecified atom stereocenters. The maximum atomic E-state index is 5.97. The Kier molecular flexibility index (Phi) is 6.28. The van der Waals surface area contributed by atoms with Crippen molar-refractivity contribution in [3.8, 4) is 23.0 Å². The lowest BCUT2D eigenvalue weighted by Gasteiger charge is -2.19. The van der Waals surface area contributed by atoms with Crippen molar-refractivity contribution in [3.05, 3.63) is 94.8 Å². The molecule has 2 aromatic carbocycles. The molecule has 3 heteroatoms. The molecule has 1 atom stereocenters. The maximum absolute atomic E-state index is 5.97. The van der Waals surface area contributed by atoms with Crippen LogP contribution in [0.2, 0.25) is 5.02 Å². The number of allylic oxidation sites excluding steroid dienone is 2. The average molecular weight is 427 g/mol. The molecule has 4 rings (SSSR count). The van der Waals surface area contributed by atoms with E-state index in [1.54, 1.807) is 0 Å². The van der Waals surface area contributed by atoms with Gasteiger partial charge in [0, 0.05) is 22.3 Å². The maximum Gasteiger partial charge on any atom is 0.113 e. The summed E-state index contributed by atoms with van der Waals surface area (Å²) in [5.41, 5.74) is 12.7. The molecule has 0 amide bonds. The summed E-state index contributed by atoms with van der Waals surface area (Å²) in [6.45, 7) is 5.24. The number of pyridine rings is 1. The first-order chi connectivity index (χ1) is 15.0. The van der Waals surface area contributed by atoms with E-state index >= 15 is 0 Å². The fourth-order valence-electron chi connectivity index (χ4n) is 3.89. The van der Waals surface area contributed by atoms with Gasteiger partial charge in [0.2, 0.25) is 0 Å². The summed E-state index contributed by atoms with van der Waals surface area (Å²) >= 11 is 5.96. The van der Waals surface area contributed by atoms with E-state index in [2.05, 4.69) is 61.0 Å². The van der Waals surface area contributed by atoms with Crippen LogP contribution in [0.1, 0.15) is 43.5 Å². The molecule has 0 aliphatic heterocycles. The van der Waals surface area contributed by atoms with Crippen LogP contribution < -0.4 is 5.73 Å². The number of rotatable bonds is 5. The fourth-order valence-corrected chi connectivity index (χ4v) is 4.01. The van der Waals surface area contributed by atoms with Crippen molar-refractivity contribution in [2.45, 2.75) is 26.7 Å². The Hall–Kier alpha value is -2.86. The second-order valence-electron chi connectivity index (χ2n) is 8.47. The summed E-state index contributed by atoms with van der Waals surface area (Å²) in [7, 11) is 0. The second-order valence-corrected chi connectivity index (χ2v) is 8.91. The minimum Gasteiger partial charge on any atom is -0.330 e. The molecular formula is C28H27ClN2. The zero-order valence-electron chi connectivity index (χ0n) is 18.0. The molecule has 0 radical (unpaired) electrons. The van der Waals surface area contributed by atoms with Gasteiger partial charge in [0.05, 0.1) is 0 Å². The predicted octanol–water partition coefficient (Wildman–Crippen LogP) is 6.58. The monoisotopic (exact) mass is 426 g/mol. The topological polar surface area (TPSA) is 38.9 Å². The van der Waals surface area contributed by atoms with Gasteiger partial charge < -0.3 is 5.73 Å². The van der Waals surface area contributed by atoms with Gasteiger partial charge in [-0.2, -0.15) is 0 Å². The van der Waals surface area contributed by atoms with Gasteiger partial charge in [-0.05, 0) is 90.6 Å². The molecule has 1 aromatic heterocycles. The van der Waals surface area contributed by atoms with E-state index in [0.29, 0.717) is 11.3 Å². The summed E-state index contributed by atoms with van der Waals surface area (Å²) in [6, 6.07) is 20.2. The molecule has 1 aliphatic carbocycles. The average Bonchev–Trinajstić information content (AvgIpc) is 3.60. The highest BCUT2D eigenvalue weighted by Crippen LogP contribution is 2.52. The third-order valence-electron chi connectivity index (χ3n) is 6.38. The van der Waals surface area contributed by atoms with E-state index in [1.165, 1.54) is 24.0 Å². The van der Waals surface area contributed by atoms with E-state index in [-0.39, 0.29) is 0 Å². The first-order valence-corrected chi connectivity index (χ1v) is 11.1. The number of benzene rings is 2. The highest BCUT2D eigenvalue weighted by molar-refractivity contribution is 6.30. The highest BCUT2D eigenvalue weighted by atomic mass is 35.5. The largest absolute Gasteiger partial charge is 0.330 e. The van der Waals surface area contributed by atoms with Gasteiger partial charge in [-0.3, -0.25) is 0 Å². The Morgan fingerprint density at radius 2 is 1.71 bits per heavy atom. The first-order valence-electron chi connectivity index (χ1n) is 10.7. The summed E-state index contributed by atoms with van der Waals surface area (Å²) in [5.74, 6) is 6.88. The van der Waals surface area contributed by atoms with E-state index in [4.69, 9.17) is 17.3 Å². The Balaban J connectivity index is 1.43. The fraction of sp³-hybridized carbons (Fsp3) is 0.250. The van der Waals surface area contributed by atoms with E-state index < -0.39 is 0 Å². The molecule has 2 N–H and O–H groups in total. The molecular weight excluding hydrogens is 400 g/mol. The summed E-state index contributed by atoms with van der Waals surface area (Å²) in [4.78, 5) is 4.48. The van der Waals surface area contributed by atoms with E-state index in [0.717, 1.165) is 34.0 Å². The smallest absolute Gasteiger partial charge is 0.113 e. The quantitative estimate of drug-likeness (QED) is 0.468. The Labute approximate surface area is 190 Å². The third kappa shape index (κ3) is 5.07. The van der Waals surface area contributed by atoms with Crippen molar-refractivity contribution < 1.29 is 0 Å². The van der Waals surface area contributed by atoms with Crippen molar-refractivity contribution >= 4 is 17.2 Å². The van der Waals surface area contributed by atoms with Crippen LogP contribution in [-0.2, 0) is 0 Å². The van der Waals surface area contributed by atoms with Crippen molar-refractivity contribution in [2.24, 2.45) is 17.1 Å². The number of nitrogens with two attached hydrogens (primary N) is 1. The van der Waals surface area contributed by atoms with Crippen LogP contribution in [0.15, 0.2) is 72.9 Å². The minimum atomic E-state index is 0.336. The molecule has 156 valence electrons. The second kappa shape index (κ2) is 9.10. The van der Waals surface area contributed by atoms with Gasteiger partial charge in [0.15, 0.2) is 0 Å². The lowest BCUT2D eigenvalue weighted by Crippen LogP contribution is -2.21. The number of aromatic nitrogens is 1. The molecule has 1 aliphatic rings. The summed E-state index contributed by atoms with van der Waals surface area (Å²) in [5, 5.41) is 0.729. The standard InChI is InChI=1S/C28H27ClN2/c1-20(17-21(2)28(19-30)15-16-28)23-6-3-22(4-7-23)5-13-27-14-10-25(18-31-27)24-8-11-26(29)12-9-24/h3-4,6-12,14,17-18,21H,15-16,19,30H2,1-2H3/t21-/m1/s1. The van der Waals surface area contributed by atoms with Gasteiger partial charge in [-0.15, -0.1) is 0 Å². The SMILES string of the molecule is CC(=C[C@@H](C)C1(CN)CC1)c1ccc(C#Cc2ccc(-c3ccc(Cl)cc3)cn2)cc1. The third-order valence-corrected chi connectivity index (χ3v) is 6.63.